The second-order valence-electron chi connectivity index (χ2n) is 2.65. The molecule has 0 spiro atoms. The maximum Gasteiger partial charge on any atom is 0.419 e. The Balaban J connectivity index is 4.68. The molecule has 2 amide bonds. The molecule has 0 aromatic rings. The van der Waals surface area contributed by atoms with Gasteiger partial charge in [0.05, 0.1) is 13.2 Å². The van der Waals surface area contributed by atoms with Crippen LogP contribution in [-0.2, 0) is 18.4 Å². The monoisotopic (exact) mass is 247 g/mol. The summed E-state index contributed by atoms with van der Waals surface area (Å²) in [5, 5.41) is 1.84. The van der Waals surface area contributed by atoms with Crippen molar-refractivity contribution in [2.75, 3.05) is 13.2 Å². The molecule has 6 nitrogen and oxygen atoms in total. The number of hydrogen-bond acceptors (Lipinski definition) is 5. The number of hydrogen-bond donors (Lipinski definition) is 1. The normalized spacial score (nSPS) is 10.6. The highest BCUT2D eigenvalue weighted by Crippen LogP contribution is 2.48. The van der Waals surface area contributed by atoms with E-state index in [0.717, 1.165) is 6.92 Å². The number of imide groups is 1. The molecular formula is C9H14NO5P. The Morgan fingerprint density at radius 3 is 2.00 bits per heavy atom. The average Bonchev–Trinajstić information content (AvgIpc) is 2.22. The van der Waals surface area contributed by atoms with Gasteiger partial charge in [0.15, 0.2) is 0 Å². The van der Waals surface area contributed by atoms with E-state index in [-0.39, 0.29) is 13.2 Å². The third kappa shape index (κ3) is 5.02. The zero-order valence-electron chi connectivity index (χ0n) is 8.97. The van der Waals surface area contributed by atoms with Gasteiger partial charge in [-0.15, -0.1) is 13.2 Å². The van der Waals surface area contributed by atoms with E-state index < -0.39 is 19.2 Å². The van der Waals surface area contributed by atoms with Gasteiger partial charge in [-0.05, 0) is 0 Å². The summed E-state index contributed by atoms with van der Waals surface area (Å²) >= 11 is 0. The molecule has 0 bridgehead atoms. The van der Waals surface area contributed by atoms with Crippen LogP contribution in [0, 0.1) is 0 Å². The molecule has 7 heteroatoms. The number of amides is 2. The van der Waals surface area contributed by atoms with Gasteiger partial charge in [0.25, 0.3) is 0 Å². The molecule has 0 saturated carbocycles. The molecule has 0 fully saturated rings. The van der Waals surface area contributed by atoms with E-state index in [1.54, 1.807) is 0 Å². The van der Waals surface area contributed by atoms with Crippen molar-refractivity contribution in [1.29, 1.82) is 0 Å². The molecule has 16 heavy (non-hydrogen) atoms. The Hall–Kier alpha value is -1.23. The highest BCUT2D eigenvalue weighted by atomic mass is 31.2. The van der Waals surface area contributed by atoms with Gasteiger partial charge in [-0.1, -0.05) is 12.2 Å². The fraction of sp³-hybridized carbons (Fsp3) is 0.333. The molecule has 0 radical (unpaired) electrons. The van der Waals surface area contributed by atoms with Crippen LogP contribution in [0.5, 0.6) is 0 Å². The smallest absolute Gasteiger partial charge is 0.298 e. The quantitative estimate of drug-likeness (QED) is 0.548. The van der Waals surface area contributed by atoms with Crippen LogP contribution >= 0.6 is 7.60 Å². The summed E-state index contributed by atoms with van der Waals surface area (Å²) in [4.78, 5) is 22.0. The second kappa shape index (κ2) is 7.11. The Morgan fingerprint density at radius 2 is 1.69 bits per heavy atom. The topological polar surface area (TPSA) is 81.7 Å². The standard InChI is InChI=1S/C9H14NO5P/c1-4-6-14-16(13,15-7-5-2)9(12)10-8(3)11/h4-5H,1-2,6-7H2,3H3,(H,10,11,12). The van der Waals surface area contributed by atoms with Crippen LogP contribution in [0.4, 0.5) is 4.79 Å². The Bertz CT molecular complexity index is 323. The lowest BCUT2D eigenvalue weighted by Gasteiger charge is -2.14. The minimum Gasteiger partial charge on any atom is -0.298 e. The molecule has 0 aliphatic rings. The molecule has 0 rings (SSSR count). The van der Waals surface area contributed by atoms with Crippen LogP contribution in [0.25, 0.3) is 0 Å². The summed E-state index contributed by atoms with van der Waals surface area (Å²) in [6, 6.07) is 0. The van der Waals surface area contributed by atoms with E-state index in [4.69, 9.17) is 9.05 Å². The maximum absolute atomic E-state index is 11.9. The lowest BCUT2D eigenvalue weighted by atomic mass is 10.7. The van der Waals surface area contributed by atoms with Crippen molar-refractivity contribution < 1.29 is 23.2 Å². The van der Waals surface area contributed by atoms with E-state index >= 15 is 0 Å². The Labute approximate surface area is 93.8 Å². The molecular weight excluding hydrogens is 233 g/mol. The molecule has 1 N–H and O–H groups in total. The van der Waals surface area contributed by atoms with Crippen LogP contribution in [0.3, 0.4) is 0 Å². The summed E-state index contributed by atoms with van der Waals surface area (Å²) in [5.74, 6) is -0.644. The molecule has 0 aliphatic carbocycles. The summed E-state index contributed by atoms with van der Waals surface area (Å²) in [7, 11) is -4.01. The molecule has 0 saturated heterocycles. The molecule has 0 atom stereocenters. The predicted molar refractivity (Wildman–Crippen MR) is 59.1 cm³/mol. The van der Waals surface area contributed by atoms with Crippen molar-refractivity contribution in [3.8, 4) is 0 Å². The summed E-state index contributed by atoms with van der Waals surface area (Å²) in [6.07, 6.45) is 2.62. The molecule has 0 aromatic heterocycles. The number of carbonyl (C=O) groups excluding carboxylic acids is 2. The lowest BCUT2D eigenvalue weighted by molar-refractivity contribution is -0.117. The van der Waals surface area contributed by atoms with Gasteiger partial charge in [0.1, 0.15) is 0 Å². The van der Waals surface area contributed by atoms with Gasteiger partial charge >= 0.3 is 13.2 Å². The van der Waals surface area contributed by atoms with Crippen LogP contribution < -0.4 is 5.32 Å². The number of carbonyl (C=O) groups is 2. The minimum atomic E-state index is -4.01. The van der Waals surface area contributed by atoms with Gasteiger partial charge < -0.3 is 0 Å². The van der Waals surface area contributed by atoms with Gasteiger partial charge in [0.2, 0.25) is 5.91 Å². The molecule has 0 aliphatic heterocycles. The third-order valence-corrected chi connectivity index (χ3v) is 2.84. The minimum absolute atomic E-state index is 0.125. The van der Waals surface area contributed by atoms with E-state index in [0.29, 0.717) is 0 Å². The van der Waals surface area contributed by atoms with Crippen molar-refractivity contribution in [3.63, 3.8) is 0 Å². The average molecular weight is 247 g/mol. The first-order valence-corrected chi connectivity index (χ1v) is 5.93. The molecule has 0 unspecified atom stereocenters. The van der Waals surface area contributed by atoms with E-state index in [1.807, 2.05) is 5.32 Å². The number of rotatable bonds is 7. The highest BCUT2D eigenvalue weighted by Gasteiger charge is 2.35. The van der Waals surface area contributed by atoms with Crippen LogP contribution in [0.15, 0.2) is 25.3 Å². The lowest BCUT2D eigenvalue weighted by Crippen LogP contribution is -2.28. The first-order chi connectivity index (χ1) is 7.46. The van der Waals surface area contributed by atoms with Crippen LogP contribution in [0.2, 0.25) is 0 Å². The van der Waals surface area contributed by atoms with Gasteiger partial charge in [-0.2, -0.15) is 0 Å². The van der Waals surface area contributed by atoms with Gasteiger partial charge in [0, 0.05) is 6.92 Å². The SMILES string of the molecule is C=CCOP(=O)(OCC=C)C(=O)NC(C)=O. The fourth-order valence-electron chi connectivity index (χ4n) is 0.675. The third-order valence-electron chi connectivity index (χ3n) is 1.26. The Kier molecular flexibility index (Phi) is 6.56. The van der Waals surface area contributed by atoms with Crippen LogP contribution in [-0.4, -0.2) is 24.8 Å². The van der Waals surface area contributed by atoms with E-state index in [1.165, 1.54) is 12.2 Å². The van der Waals surface area contributed by atoms with Crippen molar-refractivity contribution >= 4 is 19.2 Å². The number of nitrogens with one attached hydrogen (secondary N) is 1. The van der Waals surface area contributed by atoms with Crippen molar-refractivity contribution in [1.82, 2.24) is 5.32 Å². The molecule has 0 heterocycles. The van der Waals surface area contributed by atoms with E-state index in [9.17, 15) is 14.2 Å². The first-order valence-electron chi connectivity index (χ1n) is 4.39. The maximum atomic E-state index is 11.9. The van der Waals surface area contributed by atoms with Crippen molar-refractivity contribution in [2.24, 2.45) is 0 Å². The summed E-state index contributed by atoms with van der Waals surface area (Å²) < 4.78 is 21.4. The molecule has 90 valence electrons. The zero-order valence-corrected chi connectivity index (χ0v) is 9.87. The Morgan fingerprint density at radius 1 is 1.25 bits per heavy atom. The van der Waals surface area contributed by atoms with Crippen LogP contribution in [0.1, 0.15) is 6.92 Å². The van der Waals surface area contributed by atoms with Gasteiger partial charge in [-0.3, -0.25) is 24.0 Å². The highest BCUT2D eigenvalue weighted by molar-refractivity contribution is 7.71. The van der Waals surface area contributed by atoms with Gasteiger partial charge in [-0.25, -0.2) is 4.57 Å². The summed E-state index contributed by atoms with van der Waals surface area (Å²) in [5.41, 5.74) is -1.09. The largest absolute Gasteiger partial charge is 0.419 e. The zero-order chi connectivity index (χ0) is 12.6. The molecule has 0 aromatic carbocycles. The summed E-state index contributed by atoms with van der Waals surface area (Å²) in [6.45, 7) is 7.55. The second-order valence-corrected chi connectivity index (χ2v) is 4.57. The first kappa shape index (κ1) is 14.8. The predicted octanol–water partition coefficient (Wildman–Crippen LogP) is 1.84. The van der Waals surface area contributed by atoms with E-state index in [2.05, 4.69) is 13.2 Å². The van der Waals surface area contributed by atoms with Crippen molar-refractivity contribution in [2.45, 2.75) is 6.92 Å². The fourth-order valence-corrected chi connectivity index (χ4v) is 1.88. The van der Waals surface area contributed by atoms with Crippen molar-refractivity contribution in [3.05, 3.63) is 25.3 Å².